The molecule has 0 amide bonds. The molecule has 0 saturated heterocycles. The van der Waals surface area contributed by atoms with Gasteiger partial charge in [-0.05, 0) is 23.0 Å². The summed E-state index contributed by atoms with van der Waals surface area (Å²) < 4.78 is 17.6. The fourth-order valence-corrected chi connectivity index (χ4v) is 1.93. The lowest BCUT2D eigenvalue weighted by Gasteiger charge is -2.27. The van der Waals surface area contributed by atoms with Crippen LogP contribution in [0.5, 0.6) is 11.5 Å². The lowest BCUT2D eigenvalue weighted by Crippen LogP contribution is -2.17. The molecule has 0 aliphatic heterocycles. The number of phenolic OH excluding ortho intramolecular Hbond substituents is 1. The van der Waals surface area contributed by atoms with E-state index >= 15 is 0 Å². The van der Waals surface area contributed by atoms with E-state index in [1.54, 1.807) is 12.1 Å². The molecule has 0 aliphatic carbocycles. The van der Waals surface area contributed by atoms with E-state index in [1.807, 2.05) is 41.5 Å². The van der Waals surface area contributed by atoms with E-state index in [0.29, 0.717) is 5.75 Å². The third-order valence-corrected chi connectivity index (χ3v) is 2.92. The molecule has 1 aromatic carbocycles. The summed E-state index contributed by atoms with van der Waals surface area (Å²) in [6.45, 7) is 11.1. The van der Waals surface area contributed by atoms with E-state index in [9.17, 15) is 9.50 Å². The topological polar surface area (TPSA) is 29.5 Å². The van der Waals surface area contributed by atoms with Crippen molar-refractivity contribution in [1.29, 1.82) is 0 Å². The molecule has 2 nitrogen and oxygen atoms in total. The Labute approximate surface area is 109 Å². The molecule has 102 valence electrons. The number of hydrogen-bond acceptors (Lipinski definition) is 2. The van der Waals surface area contributed by atoms with Crippen molar-refractivity contribution in [3.05, 3.63) is 23.3 Å². The van der Waals surface area contributed by atoms with Gasteiger partial charge in [-0.25, -0.2) is 4.39 Å². The highest BCUT2D eigenvalue weighted by molar-refractivity contribution is 5.50. The van der Waals surface area contributed by atoms with Crippen LogP contribution in [0.2, 0.25) is 0 Å². The van der Waals surface area contributed by atoms with E-state index in [-0.39, 0.29) is 16.6 Å². The molecule has 0 heterocycles. The first-order valence-electron chi connectivity index (χ1n) is 6.14. The molecule has 1 aromatic rings. The lowest BCUT2D eigenvalue weighted by atomic mass is 9.81. The Hall–Kier alpha value is -1.25. The van der Waals surface area contributed by atoms with Gasteiger partial charge in [0.05, 0.1) is 0 Å². The van der Waals surface area contributed by atoms with Gasteiger partial charge in [-0.3, -0.25) is 0 Å². The van der Waals surface area contributed by atoms with Crippen LogP contribution in [0.15, 0.2) is 12.1 Å². The number of benzene rings is 1. The van der Waals surface area contributed by atoms with Crippen LogP contribution in [0.25, 0.3) is 0 Å². The van der Waals surface area contributed by atoms with E-state index in [4.69, 9.17) is 4.74 Å². The zero-order valence-electron chi connectivity index (χ0n) is 12.1. The summed E-state index contributed by atoms with van der Waals surface area (Å²) in [5.74, 6) is 0.742. The highest BCUT2D eigenvalue weighted by Gasteiger charge is 2.25. The van der Waals surface area contributed by atoms with Gasteiger partial charge in [0.15, 0.2) is 0 Å². The normalized spacial score (nSPS) is 12.6. The first kappa shape index (κ1) is 14.8. The predicted molar refractivity (Wildman–Crippen MR) is 72.1 cm³/mol. The average Bonchev–Trinajstić information content (AvgIpc) is 2.17. The van der Waals surface area contributed by atoms with Crippen molar-refractivity contribution < 1.29 is 14.2 Å². The maximum absolute atomic E-state index is 12.5. The fourth-order valence-electron chi connectivity index (χ4n) is 1.93. The van der Waals surface area contributed by atoms with Crippen LogP contribution in [0, 0.1) is 0 Å². The van der Waals surface area contributed by atoms with Crippen molar-refractivity contribution in [3.8, 4) is 11.5 Å². The summed E-state index contributed by atoms with van der Waals surface area (Å²) in [5, 5.41) is 10.1. The van der Waals surface area contributed by atoms with Gasteiger partial charge in [-0.1, -0.05) is 41.5 Å². The Morgan fingerprint density at radius 2 is 1.50 bits per heavy atom. The molecule has 0 radical (unpaired) electrons. The molecule has 0 atom stereocenters. The highest BCUT2D eigenvalue weighted by atomic mass is 19.1. The van der Waals surface area contributed by atoms with Gasteiger partial charge in [0, 0.05) is 11.1 Å². The Morgan fingerprint density at radius 3 is 1.89 bits per heavy atom. The second-order valence-corrected chi connectivity index (χ2v) is 6.62. The van der Waals surface area contributed by atoms with Gasteiger partial charge in [0.2, 0.25) is 6.86 Å². The van der Waals surface area contributed by atoms with Crippen LogP contribution in [-0.2, 0) is 10.8 Å². The third kappa shape index (κ3) is 3.15. The van der Waals surface area contributed by atoms with Gasteiger partial charge in [-0.2, -0.15) is 0 Å². The van der Waals surface area contributed by atoms with E-state index in [1.165, 1.54) is 0 Å². The van der Waals surface area contributed by atoms with Gasteiger partial charge in [0.25, 0.3) is 0 Å². The number of halogens is 1. The number of rotatable bonds is 2. The van der Waals surface area contributed by atoms with Gasteiger partial charge < -0.3 is 9.84 Å². The molecule has 0 bridgehead atoms. The molecule has 0 unspecified atom stereocenters. The standard InChI is InChI=1S/C15H23FO2/c1-14(2,3)10-8-13(18-9-16)11(7-12(10)17)15(4,5)6/h7-8,17H,9H2,1-6H3. The minimum Gasteiger partial charge on any atom is -0.508 e. The average molecular weight is 254 g/mol. The lowest BCUT2D eigenvalue weighted by molar-refractivity contribution is 0.187. The Bertz CT molecular complexity index is 425. The molecule has 0 spiro atoms. The maximum Gasteiger partial charge on any atom is 0.228 e. The van der Waals surface area contributed by atoms with Crippen molar-refractivity contribution in [2.24, 2.45) is 0 Å². The monoisotopic (exact) mass is 254 g/mol. The molecule has 1 N–H and O–H groups in total. The molecule has 0 fully saturated rings. The van der Waals surface area contributed by atoms with Crippen molar-refractivity contribution in [2.75, 3.05) is 6.86 Å². The first-order chi connectivity index (χ1) is 8.07. The van der Waals surface area contributed by atoms with Crippen molar-refractivity contribution in [2.45, 2.75) is 52.4 Å². The van der Waals surface area contributed by atoms with Crippen LogP contribution < -0.4 is 4.74 Å². The zero-order chi connectivity index (χ0) is 14.1. The van der Waals surface area contributed by atoms with Crippen LogP contribution in [-0.4, -0.2) is 12.0 Å². The minimum atomic E-state index is -0.864. The van der Waals surface area contributed by atoms with Gasteiger partial charge in [-0.15, -0.1) is 0 Å². The van der Waals surface area contributed by atoms with Gasteiger partial charge in [0.1, 0.15) is 11.5 Å². The van der Waals surface area contributed by atoms with Crippen molar-refractivity contribution in [1.82, 2.24) is 0 Å². The molecular formula is C15H23FO2. The quantitative estimate of drug-likeness (QED) is 0.853. The van der Waals surface area contributed by atoms with Crippen molar-refractivity contribution >= 4 is 0 Å². The number of aromatic hydroxyl groups is 1. The van der Waals surface area contributed by atoms with Crippen LogP contribution >= 0.6 is 0 Å². The molecule has 0 aromatic heterocycles. The molecule has 18 heavy (non-hydrogen) atoms. The van der Waals surface area contributed by atoms with Crippen LogP contribution in [0.1, 0.15) is 52.7 Å². The smallest absolute Gasteiger partial charge is 0.228 e. The van der Waals surface area contributed by atoms with Crippen LogP contribution in [0.4, 0.5) is 4.39 Å². The van der Waals surface area contributed by atoms with Gasteiger partial charge >= 0.3 is 0 Å². The summed E-state index contributed by atoms with van der Waals surface area (Å²) in [7, 11) is 0. The predicted octanol–water partition coefficient (Wildman–Crippen LogP) is 4.29. The van der Waals surface area contributed by atoms with Crippen molar-refractivity contribution in [3.63, 3.8) is 0 Å². The first-order valence-corrected chi connectivity index (χ1v) is 6.14. The van der Waals surface area contributed by atoms with E-state index < -0.39 is 6.86 Å². The maximum atomic E-state index is 12.5. The van der Waals surface area contributed by atoms with E-state index in [0.717, 1.165) is 11.1 Å². The minimum absolute atomic E-state index is 0.210. The highest BCUT2D eigenvalue weighted by Crippen LogP contribution is 2.40. The summed E-state index contributed by atoms with van der Waals surface area (Å²) in [4.78, 5) is 0. The number of hydrogen-bond donors (Lipinski definition) is 1. The summed E-state index contributed by atoms with van der Waals surface area (Å²) in [5.41, 5.74) is 1.15. The zero-order valence-corrected chi connectivity index (χ0v) is 12.1. The Kier molecular flexibility index (Phi) is 3.94. The van der Waals surface area contributed by atoms with Crippen LogP contribution in [0.3, 0.4) is 0 Å². The second kappa shape index (κ2) is 4.79. The SMILES string of the molecule is CC(C)(C)c1cc(OCF)c(C(C)(C)C)cc1O. The number of ether oxygens (including phenoxy) is 1. The number of phenols is 1. The summed E-state index contributed by atoms with van der Waals surface area (Å²) in [6, 6.07) is 3.43. The second-order valence-electron chi connectivity index (χ2n) is 6.62. The van der Waals surface area contributed by atoms with E-state index in [2.05, 4.69) is 0 Å². The largest absolute Gasteiger partial charge is 0.508 e. The molecule has 0 aliphatic rings. The Morgan fingerprint density at radius 1 is 1.00 bits per heavy atom. The Balaban J connectivity index is 3.44. The summed E-state index contributed by atoms with van der Waals surface area (Å²) in [6.07, 6.45) is 0. The third-order valence-electron chi connectivity index (χ3n) is 2.92. The molecule has 3 heteroatoms. The fraction of sp³-hybridized carbons (Fsp3) is 0.600. The number of alkyl halides is 1. The molecular weight excluding hydrogens is 231 g/mol. The summed E-state index contributed by atoms with van der Waals surface area (Å²) >= 11 is 0. The molecule has 0 saturated carbocycles. The molecule has 1 rings (SSSR count).